The second-order valence-electron chi connectivity index (χ2n) is 3.74. The molecule has 0 heterocycles. The largest absolute Gasteiger partial charge is 0.496 e. The number of aliphatic carboxylic acids is 1. The van der Waals surface area contributed by atoms with Gasteiger partial charge in [0.15, 0.2) is 0 Å². The summed E-state index contributed by atoms with van der Waals surface area (Å²) in [6.07, 6.45) is 2.75. The Morgan fingerprint density at radius 3 is 2.44 bits per heavy atom. The first-order valence-electron chi connectivity index (χ1n) is 5.03. The maximum atomic E-state index is 10.5. The van der Waals surface area contributed by atoms with Gasteiger partial charge in [0.2, 0.25) is 0 Å². The van der Waals surface area contributed by atoms with E-state index in [9.17, 15) is 4.79 Å². The molecule has 0 fully saturated rings. The lowest BCUT2D eigenvalue weighted by Gasteiger charge is -2.13. The van der Waals surface area contributed by atoms with Crippen molar-refractivity contribution in [2.24, 2.45) is 0 Å². The zero-order chi connectivity index (χ0) is 12.3. The van der Waals surface area contributed by atoms with Crippen molar-refractivity contribution in [1.29, 1.82) is 0 Å². The van der Waals surface area contributed by atoms with Gasteiger partial charge in [-0.2, -0.15) is 0 Å². The highest BCUT2D eigenvalue weighted by molar-refractivity contribution is 5.85. The van der Waals surface area contributed by atoms with Crippen molar-refractivity contribution in [3.05, 3.63) is 34.4 Å². The van der Waals surface area contributed by atoms with Crippen LogP contribution in [-0.4, -0.2) is 18.2 Å². The van der Waals surface area contributed by atoms with Crippen LogP contribution in [0, 0.1) is 20.8 Å². The molecule has 0 radical (unpaired) electrons. The molecule has 0 spiro atoms. The summed E-state index contributed by atoms with van der Waals surface area (Å²) in [6, 6.07) is 1.93. The molecule has 1 aromatic rings. The van der Waals surface area contributed by atoms with Gasteiger partial charge in [0.05, 0.1) is 7.11 Å². The smallest absolute Gasteiger partial charge is 0.328 e. The Hall–Kier alpha value is -1.77. The molecule has 0 amide bonds. The molecule has 1 rings (SSSR count). The summed E-state index contributed by atoms with van der Waals surface area (Å²) < 4.78 is 5.30. The summed E-state index contributed by atoms with van der Waals surface area (Å²) in [7, 11) is 1.64. The standard InChI is InChI=1S/C13H16O3/c1-8-7-11(5-6-12(14)15)9(2)10(3)13(8)16-4/h5-7H,1-4H3,(H,14,15)/b6-5+. The van der Waals surface area contributed by atoms with Crippen LogP contribution in [0.25, 0.3) is 6.08 Å². The first-order valence-corrected chi connectivity index (χ1v) is 5.03. The number of hydrogen-bond acceptors (Lipinski definition) is 2. The third kappa shape index (κ3) is 2.42. The Labute approximate surface area is 95.4 Å². The molecule has 3 nitrogen and oxygen atoms in total. The van der Waals surface area contributed by atoms with Gasteiger partial charge < -0.3 is 9.84 Å². The van der Waals surface area contributed by atoms with Crippen LogP contribution in [0.1, 0.15) is 22.3 Å². The van der Waals surface area contributed by atoms with E-state index < -0.39 is 5.97 Å². The number of carboxylic acids is 1. The van der Waals surface area contributed by atoms with Gasteiger partial charge in [-0.1, -0.05) is 0 Å². The van der Waals surface area contributed by atoms with E-state index in [-0.39, 0.29) is 0 Å². The summed E-state index contributed by atoms with van der Waals surface area (Å²) in [6.45, 7) is 5.88. The van der Waals surface area contributed by atoms with Crippen molar-refractivity contribution in [3.63, 3.8) is 0 Å². The SMILES string of the molecule is COc1c(C)cc(/C=C/C(=O)O)c(C)c1C. The average molecular weight is 220 g/mol. The van der Waals surface area contributed by atoms with Crippen molar-refractivity contribution < 1.29 is 14.6 Å². The molecule has 86 valence electrons. The Morgan fingerprint density at radius 1 is 1.31 bits per heavy atom. The van der Waals surface area contributed by atoms with Gasteiger partial charge in [0, 0.05) is 6.08 Å². The number of benzene rings is 1. The van der Waals surface area contributed by atoms with Crippen LogP contribution in [-0.2, 0) is 4.79 Å². The molecule has 0 saturated carbocycles. The zero-order valence-electron chi connectivity index (χ0n) is 10.00. The number of rotatable bonds is 3. The summed E-state index contributed by atoms with van der Waals surface area (Å²) in [5.74, 6) is -0.0736. The van der Waals surface area contributed by atoms with E-state index in [1.807, 2.05) is 26.8 Å². The number of aryl methyl sites for hydroxylation is 1. The van der Waals surface area contributed by atoms with Crippen LogP contribution >= 0.6 is 0 Å². The molecule has 0 bridgehead atoms. The molecule has 1 N–H and O–H groups in total. The first kappa shape index (κ1) is 12.3. The fourth-order valence-corrected chi connectivity index (χ4v) is 1.74. The summed E-state index contributed by atoms with van der Waals surface area (Å²) in [4.78, 5) is 10.5. The predicted octanol–water partition coefficient (Wildman–Crippen LogP) is 2.72. The first-order chi connectivity index (χ1) is 7.47. The summed E-state index contributed by atoms with van der Waals surface area (Å²) >= 11 is 0. The van der Waals surface area contributed by atoms with Gasteiger partial charge in [0.1, 0.15) is 5.75 Å². The number of carbonyl (C=O) groups is 1. The third-order valence-corrected chi connectivity index (χ3v) is 2.68. The van der Waals surface area contributed by atoms with Crippen molar-refractivity contribution >= 4 is 12.0 Å². The molecule has 0 atom stereocenters. The Bertz CT molecular complexity index is 445. The second-order valence-corrected chi connectivity index (χ2v) is 3.74. The zero-order valence-corrected chi connectivity index (χ0v) is 10.00. The van der Waals surface area contributed by atoms with E-state index in [1.165, 1.54) is 0 Å². The molecule has 0 aliphatic rings. The van der Waals surface area contributed by atoms with Gasteiger partial charge in [-0.05, 0) is 55.2 Å². The van der Waals surface area contributed by atoms with Crippen LogP contribution in [0.5, 0.6) is 5.75 Å². The minimum atomic E-state index is -0.939. The van der Waals surface area contributed by atoms with Crippen LogP contribution < -0.4 is 4.74 Å². The average Bonchev–Trinajstić information content (AvgIpc) is 2.22. The molecule has 0 unspecified atom stereocenters. The lowest BCUT2D eigenvalue weighted by atomic mass is 9.98. The van der Waals surface area contributed by atoms with Crippen molar-refractivity contribution in [2.45, 2.75) is 20.8 Å². The van der Waals surface area contributed by atoms with Crippen LogP contribution in [0.3, 0.4) is 0 Å². The molecule has 0 aliphatic heterocycles. The Kier molecular flexibility index (Phi) is 3.72. The van der Waals surface area contributed by atoms with E-state index in [1.54, 1.807) is 13.2 Å². The van der Waals surface area contributed by atoms with E-state index >= 15 is 0 Å². The van der Waals surface area contributed by atoms with E-state index in [2.05, 4.69) is 0 Å². The normalized spacial score (nSPS) is 10.8. The summed E-state index contributed by atoms with van der Waals surface area (Å²) in [5.41, 5.74) is 4.02. The fourth-order valence-electron chi connectivity index (χ4n) is 1.74. The van der Waals surface area contributed by atoms with Gasteiger partial charge in [-0.15, -0.1) is 0 Å². The highest BCUT2D eigenvalue weighted by Gasteiger charge is 2.08. The molecule has 3 heteroatoms. The van der Waals surface area contributed by atoms with Gasteiger partial charge in [-0.3, -0.25) is 0 Å². The van der Waals surface area contributed by atoms with Crippen LogP contribution in [0.2, 0.25) is 0 Å². The van der Waals surface area contributed by atoms with Gasteiger partial charge >= 0.3 is 5.97 Å². The molecule has 0 aliphatic carbocycles. The lowest BCUT2D eigenvalue weighted by molar-refractivity contribution is -0.131. The van der Waals surface area contributed by atoms with E-state index in [0.29, 0.717) is 0 Å². The van der Waals surface area contributed by atoms with Crippen molar-refractivity contribution in [2.75, 3.05) is 7.11 Å². The van der Waals surface area contributed by atoms with Crippen molar-refractivity contribution in [1.82, 2.24) is 0 Å². The van der Waals surface area contributed by atoms with Gasteiger partial charge in [0.25, 0.3) is 0 Å². The minimum Gasteiger partial charge on any atom is -0.496 e. The van der Waals surface area contributed by atoms with Gasteiger partial charge in [-0.25, -0.2) is 4.79 Å². The highest BCUT2D eigenvalue weighted by Crippen LogP contribution is 2.29. The molecule has 0 aromatic heterocycles. The molecular weight excluding hydrogens is 204 g/mol. The number of carboxylic acid groups (broad SMARTS) is 1. The lowest BCUT2D eigenvalue weighted by Crippen LogP contribution is -1.96. The molecule has 1 aromatic carbocycles. The molecule has 0 saturated heterocycles. The topological polar surface area (TPSA) is 46.5 Å². The number of ether oxygens (including phenoxy) is 1. The maximum absolute atomic E-state index is 10.5. The van der Waals surface area contributed by atoms with Crippen molar-refractivity contribution in [3.8, 4) is 5.75 Å². The molecular formula is C13H16O3. The molecule has 16 heavy (non-hydrogen) atoms. The fraction of sp³-hybridized carbons (Fsp3) is 0.308. The Morgan fingerprint density at radius 2 is 1.94 bits per heavy atom. The van der Waals surface area contributed by atoms with Crippen LogP contribution in [0.4, 0.5) is 0 Å². The maximum Gasteiger partial charge on any atom is 0.328 e. The third-order valence-electron chi connectivity index (χ3n) is 2.68. The van der Waals surface area contributed by atoms with Crippen LogP contribution in [0.15, 0.2) is 12.1 Å². The Balaban J connectivity index is 3.28. The highest BCUT2D eigenvalue weighted by atomic mass is 16.5. The predicted molar refractivity (Wildman–Crippen MR) is 63.9 cm³/mol. The monoisotopic (exact) mass is 220 g/mol. The number of hydrogen-bond donors (Lipinski definition) is 1. The van der Waals surface area contributed by atoms with E-state index in [0.717, 1.165) is 34.1 Å². The summed E-state index contributed by atoms with van der Waals surface area (Å²) in [5, 5.41) is 8.59. The number of methoxy groups -OCH3 is 1. The second kappa shape index (κ2) is 4.84. The quantitative estimate of drug-likeness (QED) is 0.797. The minimum absolute atomic E-state index is 0.866. The van der Waals surface area contributed by atoms with E-state index in [4.69, 9.17) is 9.84 Å².